The molecule has 2 N–H and O–H groups in total. The van der Waals surface area contributed by atoms with Gasteiger partial charge in [-0.15, -0.1) is 0 Å². The summed E-state index contributed by atoms with van der Waals surface area (Å²) in [6.45, 7) is 0. The molecule has 110 valence electrons. The van der Waals surface area contributed by atoms with Gasteiger partial charge in [-0.3, -0.25) is 4.98 Å². The number of hydrogen-bond donors (Lipinski definition) is 1. The van der Waals surface area contributed by atoms with Gasteiger partial charge < -0.3 is 5.84 Å². The molecule has 6 heteroatoms. The Balaban J connectivity index is 1.91. The van der Waals surface area contributed by atoms with Gasteiger partial charge in [-0.1, -0.05) is 30.3 Å². The largest absolute Gasteiger partial charge is 0.369 e. The maximum atomic E-state index is 11.9. The van der Waals surface area contributed by atoms with Gasteiger partial charge in [0.15, 0.2) is 5.82 Å². The first kappa shape index (κ1) is 13.9. The van der Waals surface area contributed by atoms with Crippen LogP contribution in [0.15, 0.2) is 59.7 Å². The van der Waals surface area contributed by atoms with Crippen LogP contribution in [-0.4, -0.2) is 19.6 Å². The monoisotopic (exact) mass is 293 g/mol. The molecule has 3 aromatic rings. The number of nitrogens with zero attached hydrogens (tertiary/aromatic N) is 4. The van der Waals surface area contributed by atoms with E-state index in [1.165, 1.54) is 5.56 Å². The number of pyridine rings is 1. The van der Waals surface area contributed by atoms with Gasteiger partial charge in [0.2, 0.25) is 0 Å². The van der Waals surface area contributed by atoms with Gasteiger partial charge in [-0.2, -0.15) is 9.66 Å². The van der Waals surface area contributed by atoms with Gasteiger partial charge in [-0.05, 0) is 24.1 Å². The van der Waals surface area contributed by atoms with E-state index >= 15 is 0 Å². The fraction of sp³-hybridized carbons (Fsp3) is 0.125. The lowest BCUT2D eigenvalue weighted by atomic mass is 10.1. The van der Waals surface area contributed by atoms with Gasteiger partial charge in [0, 0.05) is 24.4 Å². The quantitative estimate of drug-likeness (QED) is 0.730. The molecule has 0 radical (unpaired) electrons. The summed E-state index contributed by atoms with van der Waals surface area (Å²) in [5.41, 5.74) is 1.40. The van der Waals surface area contributed by atoms with E-state index < -0.39 is 5.69 Å². The van der Waals surface area contributed by atoms with Gasteiger partial charge in [0.05, 0.1) is 0 Å². The smallest absolute Gasteiger partial charge is 0.334 e. The van der Waals surface area contributed by atoms with E-state index in [2.05, 4.69) is 15.0 Å². The maximum Gasteiger partial charge on any atom is 0.369 e. The minimum Gasteiger partial charge on any atom is -0.334 e. The average molecular weight is 293 g/mol. The zero-order chi connectivity index (χ0) is 15.4. The van der Waals surface area contributed by atoms with Gasteiger partial charge in [0.1, 0.15) is 5.82 Å². The molecular formula is C16H15N5O. The zero-order valence-electron chi connectivity index (χ0n) is 11.9. The molecule has 0 fully saturated rings. The predicted molar refractivity (Wildman–Crippen MR) is 83.5 cm³/mol. The van der Waals surface area contributed by atoms with Crippen LogP contribution in [-0.2, 0) is 12.8 Å². The molecule has 2 heterocycles. The molecule has 0 unspecified atom stereocenters. The van der Waals surface area contributed by atoms with Crippen LogP contribution in [0.4, 0.5) is 0 Å². The molecule has 0 aliphatic rings. The van der Waals surface area contributed by atoms with Crippen molar-refractivity contribution in [2.75, 3.05) is 5.84 Å². The highest BCUT2D eigenvalue weighted by atomic mass is 16.1. The minimum absolute atomic E-state index is 0.372. The Bertz CT molecular complexity index is 815. The normalized spacial score (nSPS) is 10.5. The fourth-order valence-electron chi connectivity index (χ4n) is 2.16. The topological polar surface area (TPSA) is 86.7 Å². The summed E-state index contributed by atoms with van der Waals surface area (Å²) in [6.07, 6.45) is 4.59. The highest BCUT2D eigenvalue weighted by Gasteiger charge is 2.09. The summed E-state index contributed by atoms with van der Waals surface area (Å²) in [5, 5.41) is 0. The van der Waals surface area contributed by atoms with Crippen molar-refractivity contribution in [3.8, 4) is 11.4 Å². The van der Waals surface area contributed by atoms with Crippen LogP contribution in [0.1, 0.15) is 11.4 Å². The molecule has 0 aliphatic carbocycles. The Hall–Kier alpha value is -3.02. The fourth-order valence-corrected chi connectivity index (χ4v) is 2.16. The number of rotatable bonds is 4. The van der Waals surface area contributed by atoms with Crippen LogP contribution in [0.5, 0.6) is 0 Å². The van der Waals surface area contributed by atoms with Gasteiger partial charge in [-0.25, -0.2) is 9.78 Å². The predicted octanol–water partition coefficient (Wildman–Crippen LogP) is 1.20. The van der Waals surface area contributed by atoms with Crippen LogP contribution >= 0.6 is 0 Å². The van der Waals surface area contributed by atoms with Crippen molar-refractivity contribution in [1.82, 2.24) is 19.6 Å². The molecule has 0 atom stereocenters. The molecule has 22 heavy (non-hydrogen) atoms. The molecule has 1 aromatic carbocycles. The molecule has 0 aliphatic heterocycles. The van der Waals surface area contributed by atoms with Crippen molar-refractivity contribution in [3.63, 3.8) is 0 Å². The van der Waals surface area contributed by atoms with Crippen LogP contribution in [0, 0.1) is 0 Å². The molecule has 2 aromatic heterocycles. The van der Waals surface area contributed by atoms with Crippen LogP contribution in [0.2, 0.25) is 0 Å². The third-order valence-corrected chi connectivity index (χ3v) is 3.34. The molecule has 0 saturated heterocycles. The van der Waals surface area contributed by atoms with E-state index in [9.17, 15) is 4.79 Å². The van der Waals surface area contributed by atoms with Crippen molar-refractivity contribution >= 4 is 0 Å². The first-order valence-corrected chi connectivity index (χ1v) is 6.93. The Morgan fingerprint density at radius 1 is 0.955 bits per heavy atom. The number of benzene rings is 1. The minimum atomic E-state index is -0.509. The maximum absolute atomic E-state index is 11.9. The van der Waals surface area contributed by atoms with E-state index in [4.69, 9.17) is 5.84 Å². The molecular weight excluding hydrogens is 278 g/mol. The lowest BCUT2D eigenvalue weighted by molar-refractivity contribution is 0.719. The summed E-state index contributed by atoms with van der Waals surface area (Å²) in [5.74, 6) is 6.64. The van der Waals surface area contributed by atoms with Crippen molar-refractivity contribution in [2.24, 2.45) is 0 Å². The van der Waals surface area contributed by atoms with Crippen molar-refractivity contribution < 1.29 is 0 Å². The van der Waals surface area contributed by atoms with Gasteiger partial charge >= 0.3 is 5.69 Å². The number of hydrogen-bond acceptors (Lipinski definition) is 5. The third kappa shape index (κ3) is 3.01. The second kappa shape index (κ2) is 6.17. The van der Waals surface area contributed by atoms with Crippen LogP contribution in [0.25, 0.3) is 11.4 Å². The Morgan fingerprint density at radius 3 is 2.41 bits per heavy atom. The van der Waals surface area contributed by atoms with E-state index in [-0.39, 0.29) is 0 Å². The number of nitrogen functional groups attached to an aromatic ring is 1. The van der Waals surface area contributed by atoms with Gasteiger partial charge in [0.25, 0.3) is 0 Å². The summed E-state index contributed by atoms with van der Waals surface area (Å²) in [4.78, 5) is 24.2. The second-order valence-corrected chi connectivity index (χ2v) is 4.84. The Labute approximate surface area is 127 Å². The van der Waals surface area contributed by atoms with Crippen molar-refractivity contribution in [1.29, 1.82) is 0 Å². The standard InChI is InChI=1S/C16H15N5O/c17-21-14(7-6-12-4-2-1-3-5-12)19-15(20-16(21)22)13-8-10-18-11-9-13/h1-5,8-11H,6-7,17H2. The Morgan fingerprint density at radius 2 is 1.68 bits per heavy atom. The molecule has 0 saturated carbocycles. The summed E-state index contributed by atoms with van der Waals surface area (Å²) in [7, 11) is 0. The summed E-state index contributed by atoms with van der Waals surface area (Å²) in [6, 6.07) is 13.5. The average Bonchev–Trinajstić information content (AvgIpc) is 2.58. The third-order valence-electron chi connectivity index (χ3n) is 3.34. The molecule has 6 nitrogen and oxygen atoms in total. The number of aryl methyl sites for hydroxylation is 2. The van der Waals surface area contributed by atoms with Crippen molar-refractivity contribution in [3.05, 3.63) is 76.7 Å². The van der Waals surface area contributed by atoms with Crippen molar-refractivity contribution in [2.45, 2.75) is 12.8 Å². The highest BCUT2D eigenvalue weighted by molar-refractivity contribution is 5.52. The number of nitrogens with two attached hydrogens (primary N) is 1. The first-order chi connectivity index (χ1) is 10.7. The molecule has 0 amide bonds. The van der Waals surface area contributed by atoms with Crippen LogP contribution < -0.4 is 11.5 Å². The second-order valence-electron chi connectivity index (χ2n) is 4.84. The lowest BCUT2D eigenvalue weighted by Crippen LogP contribution is -2.34. The Kier molecular flexibility index (Phi) is 3.91. The van der Waals surface area contributed by atoms with E-state index in [0.717, 1.165) is 16.7 Å². The lowest BCUT2D eigenvalue weighted by Gasteiger charge is -2.08. The molecule has 0 spiro atoms. The summed E-state index contributed by atoms with van der Waals surface area (Å²) >= 11 is 0. The highest BCUT2D eigenvalue weighted by Crippen LogP contribution is 2.12. The SMILES string of the molecule is Nn1c(CCc2ccccc2)nc(-c2ccncc2)nc1=O. The van der Waals surface area contributed by atoms with E-state index in [0.29, 0.717) is 18.1 Å². The van der Waals surface area contributed by atoms with E-state index in [1.807, 2.05) is 30.3 Å². The first-order valence-electron chi connectivity index (χ1n) is 6.93. The number of aromatic nitrogens is 4. The van der Waals surface area contributed by atoms with Crippen LogP contribution in [0.3, 0.4) is 0 Å². The zero-order valence-corrected chi connectivity index (χ0v) is 11.9. The molecule has 0 bridgehead atoms. The van der Waals surface area contributed by atoms with E-state index in [1.54, 1.807) is 24.5 Å². The molecule has 3 rings (SSSR count). The summed E-state index contributed by atoms with van der Waals surface area (Å²) < 4.78 is 1.01.